The molecule has 0 saturated heterocycles. The lowest BCUT2D eigenvalue weighted by Crippen LogP contribution is -2.21. The highest BCUT2D eigenvalue weighted by molar-refractivity contribution is 6.33. The lowest BCUT2D eigenvalue weighted by Gasteiger charge is -2.07. The Bertz CT molecular complexity index is 1340. The zero-order valence-corrected chi connectivity index (χ0v) is 21.8. The van der Waals surface area contributed by atoms with Crippen molar-refractivity contribution in [2.24, 2.45) is 0 Å². The van der Waals surface area contributed by atoms with Crippen LogP contribution in [0.2, 0.25) is 0 Å². The molecule has 0 unspecified atom stereocenters. The van der Waals surface area contributed by atoms with Crippen LogP contribution in [-0.4, -0.2) is 24.2 Å². The van der Waals surface area contributed by atoms with E-state index in [1.807, 2.05) is 24.3 Å². The summed E-state index contributed by atoms with van der Waals surface area (Å²) in [5.41, 5.74) is 3.80. The highest BCUT2D eigenvalue weighted by Gasteiger charge is 2.21. The Labute approximate surface area is 228 Å². The Hall–Kier alpha value is -4.32. The summed E-state index contributed by atoms with van der Waals surface area (Å²) >= 11 is 0. The Kier molecular flexibility index (Phi) is 9.95. The first kappa shape index (κ1) is 27.7. The number of imide groups is 1. The minimum Gasteiger partial charge on any atom is -0.494 e. The van der Waals surface area contributed by atoms with Crippen molar-refractivity contribution in [3.63, 3.8) is 0 Å². The molecule has 39 heavy (non-hydrogen) atoms. The topological polar surface area (TPSA) is 72.5 Å². The van der Waals surface area contributed by atoms with E-state index in [-0.39, 0.29) is 23.4 Å². The van der Waals surface area contributed by atoms with Crippen LogP contribution in [0, 0.1) is 5.82 Å². The van der Waals surface area contributed by atoms with Crippen LogP contribution in [0.15, 0.2) is 84.9 Å². The number of allylic oxidation sites excluding steroid dienone is 1. The second-order valence-electron chi connectivity index (χ2n) is 9.57. The molecule has 4 rings (SSSR count). The number of carbonyl (C=O) groups excluding carboxylic acids is 3. The van der Waals surface area contributed by atoms with Crippen LogP contribution < -0.4 is 10.1 Å². The van der Waals surface area contributed by atoms with Gasteiger partial charge in [0, 0.05) is 11.6 Å². The van der Waals surface area contributed by atoms with Gasteiger partial charge in [0.05, 0.1) is 12.2 Å². The average Bonchev–Trinajstić information content (AvgIpc) is 3.29. The highest BCUT2D eigenvalue weighted by Crippen LogP contribution is 2.21. The zero-order valence-electron chi connectivity index (χ0n) is 21.8. The predicted octanol–water partition coefficient (Wildman–Crippen LogP) is 6.72. The van der Waals surface area contributed by atoms with E-state index in [1.54, 1.807) is 18.2 Å². The molecule has 1 N–H and O–H groups in total. The van der Waals surface area contributed by atoms with Gasteiger partial charge < -0.3 is 4.74 Å². The molecule has 200 valence electrons. The largest absolute Gasteiger partial charge is 0.494 e. The van der Waals surface area contributed by atoms with Gasteiger partial charge in [0.15, 0.2) is 5.78 Å². The molecule has 0 aromatic heterocycles. The summed E-state index contributed by atoms with van der Waals surface area (Å²) in [5, 5.41) is 2.25. The first-order chi connectivity index (χ1) is 19.0. The fraction of sp³-hybridized carbons (Fsp3) is 0.242. The molecule has 3 aromatic rings. The Morgan fingerprint density at radius 1 is 0.795 bits per heavy atom. The minimum absolute atomic E-state index is 0.145. The van der Waals surface area contributed by atoms with Crippen molar-refractivity contribution < 1.29 is 23.5 Å². The van der Waals surface area contributed by atoms with E-state index in [2.05, 4.69) is 17.4 Å². The number of carbonyl (C=O) groups is 3. The summed E-state index contributed by atoms with van der Waals surface area (Å²) in [6.07, 6.45) is 12.4. The van der Waals surface area contributed by atoms with E-state index in [0.717, 1.165) is 37.0 Å². The third-order valence-electron chi connectivity index (χ3n) is 6.59. The molecule has 5 nitrogen and oxygen atoms in total. The van der Waals surface area contributed by atoms with Crippen LogP contribution >= 0.6 is 0 Å². The Balaban J connectivity index is 1.05. The number of ether oxygens (including phenoxy) is 1. The fourth-order valence-corrected chi connectivity index (χ4v) is 4.36. The van der Waals surface area contributed by atoms with Crippen molar-refractivity contribution in [1.82, 2.24) is 5.32 Å². The summed E-state index contributed by atoms with van der Waals surface area (Å²) < 4.78 is 18.8. The molecular formula is C33H32FNO4. The summed E-state index contributed by atoms with van der Waals surface area (Å²) in [4.78, 5) is 35.2. The SMILES string of the molecule is O=C1C=C(c2ccc(OCCCCCCCCc3ccc(C=CC(=O)c4ccc(F)cc4)cc3)cc2)C(=O)N1. The molecule has 0 saturated carbocycles. The monoisotopic (exact) mass is 525 g/mol. The van der Waals surface area contributed by atoms with E-state index in [1.165, 1.54) is 61.2 Å². The van der Waals surface area contributed by atoms with Gasteiger partial charge in [0.25, 0.3) is 11.8 Å². The molecule has 0 bridgehead atoms. The fourth-order valence-electron chi connectivity index (χ4n) is 4.36. The number of amides is 2. The number of rotatable bonds is 14. The third kappa shape index (κ3) is 8.60. The van der Waals surface area contributed by atoms with Crippen molar-refractivity contribution in [3.8, 4) is 5.75 Å². The number of benzene rings is 3. The normalized spacial score (nSPS) is 13.0. The van der Waals surface area contributed by atoms with E-state index < -0.39 is 0 Å². The average molecular weight is 526 g/mol. The van der Waals surface area contributed by atoms with Crippen LogP contribution in [-0.2, 0) is 16.0 Å². The van der Waals surface area contributed by atoms with Gasteiger partial charge in [-0.15, -0.1) is 0 Å². The molecule has 1 aliphatic heterocycles. The summed E-state index contributed by atoms with van der Waals surface area (Å²) in [7, 11) is 0. The first-order valence-electron chi connectivity index (χ1n) is 13.3. The lowest BCUT2D eigenvalue weighted by molar-refractivity contribution is -0.123. The van der Waals surface area contributed by atoms with Gasteiger partial charge in [0.1, 0.15) is 11.6 Å². The zero-order chi connectivity index (χ0) is 27.5. The van der Waals surface area contributed by atoms with Gasteiger partial charge in [-0.05, 0) is 78.4 Å². The molecule has 0 radical (unpaired) electrons. The number of hydrogen-bond acceptors (Lipinski definition) is 4. The number of aryl methyl sites for hydroxylation is 1. The maximum absolute atomic E-state index is 13.0. The molecule has 0 spiro atoms. The summed E-state index contributed by atoms with van der Waals surface area (Å²) in [6.45, 7) is 0.650. The van der Waals surface area contributed by atoms with E-state index in [9.17, 15) is 18.8 Å². The van der Waals surface area contributed by atoms with Gasteiger partial charge >= 0.3 is 0 Å². The summed E-state index contributed by atoms with van der Waals surface area (Å²) in [6, 6.07) is 21.0. The van der Waals surface area contributed by atoms with Crippen molar-refractivity contribution in [3.05, 3.63) is 113 Å². The van der Waals surface area contributed by atoms with Gasteiger partial charge in [-0.2, -0.15) is 0 Å². The third-order valence-corrected chi connectivity index (χ3v) is 6.59. The van der Waals surface area contributed by atoms with Crippen LogP contribution in [0.3, 0.4) is 0 Å². The van der Waals surface area contributed by atoms with Crippen molar-refractivity contribution >= 4 is 29.2 Å². The van der Waals surface area contributed by atoms with Gasteiger partial charge in [-0.1, -0.05) is 68.2 Å². The predicted molar refractivity (Wildman–Crippen MR) is 151 cm³/mol. The Morgan fingerprint density at radius 3 is 2.13 bits per heavy atom. The van der Waals surface area contributed by atoms with E-state index >= 15 is 0 Å². The number of unbranched alkanes of at least 4 members (excludes halogenated alkanes) is 5. The van der Waals surface area contributed by atoms with Gasteiger partial charge in [0.2, 0.25) is 0 Å². The molecule has 1 heterocycles. The quantitative estimate of drug-likeness (QED) is 0.110. The van der Waals surface area contributed by atoms with Crippen molar-refractivity contribution in [2.75, 3.05) is 6.61 Å². The Morgan fingerprint density at radius 2 is 1.46 bits per heavy atom. The van der Waals surface area contributed by atoms with Crippen molar-refractivity contribution in [2.45, 2.75) is 44.9 Å². The lowest BCUT2D eigenvalue weighted by atomic mass is 10.0. The maximum Gasteiger partial charge on any atom is 0.258 e. The molecule has 6 heteroatoms. The molecule has 3 aromatic carbocycles. The van der Waals surface area contributed by atoms with Crippen molar-refractivity contribution in [1.29, 1.82) is 0 Å². The second-order valence-corrected chi connectivity index (χ2v) is 9.57. The molecule has 0 fully saturated rings. The maximum atomic E-state index is 13.0. The number of nitrogens with one attached hydrogen (secondary N) is 1. The van der Waals surface area contributed by atoms with E-state index in [0.29, 0.717) is 23.3 Å². The van der Waals surface area contributed by atoms with E-state index in [4.69, 9.17) is 4.74 Å². The van der Waals surface area contributed by atoms with Gasteiger partial charge in [-0.3, -0.25) is 19.7 Å². The second kappa shape index (κ2) is 14.0. The van der Waals surface area contributed by atoms with Gasteiger partial charge in [-0.25, -0.2) is 4.39 Å². The first-order valence-corrected chi connectivity index (χ1v) is 13.3. The summed E-state index contributed by atoms with van der Waals surface area (Å²) in [5.74, 6) is -0.491. The number of hydrogen-bond donors (Lipinski definition) is 1. The van der Waals surface area contributed by atoms with Crippen LogP contribution in [0.4, 0.5) is 4.39 Å². The molecule has 1 aliphatic rings. The minimum atomic E-state index is -0.381. The molecular weight excluding hydrogens is 493 g/mol. The highest BCUT2D eigenvalue weighted by atomic mass is 19.1. The number of halogens is 1. The van der Waals surface area contributed by atoms with Crippen LogP contribution in [0.25, 0.3) is 11.6 Å². The van der Waals surface area contributed by atoms with Crippen LogP contribution in [0.1, 0.15) is 65.6 Å². The smallest absolute Gasteiger partial charge is 0.258 e. The molecule has 0 atom stereocenters. The molecule has 0 aliphatic carbocycles. The van der Waals surface area contributed by atoms with Crippen LogP contribution in [0.5, 0.6) is 5.75 Å². The standard InChI is InChI=1S/C33H32FNO4/c34-28-17-13-27(14-18-28)31(36)21-12-25-10-8-24(9-11-25)7-5-3-1-2-4-6-22-39-29-19-15-26(16-20-29)30-23-32(37)35-33(30)38/h8-21,23H,1-7,22H2,(H,35,37,38). The number of ketones is 1. The molecule has 2 amide bonds.